The topological polar surface area (TPSA) is 80.8 Å². The lowest BCUT2D eigenvalue weighted by Gasteiger charge is -2.29. The average Bonchev–Trinajstić information content (AvgIpc) is 2.47. The fraction of sp³-hybridized carbons (Fsp3) is 0.429. The van der Waals surface area contributed by atoms with E-state index in [1.54, 1.807) is 24.3 Å². The minimum Gasteiger partial charge on any atom is -0.469 e. The number of para-hydroxylation sites is 1. The first-order chi connectivity index (χ1) is 9.95. The first-order valence-electron chi connectivity index (χ1n) is 6.65. The molecule has 0 saturated heterocycles. The number of sulfonamides is 1. The minimum absolute atomic E-state index is 0.0494. The number of benzene rings is 1. The van der Waals surface area contributed by atoms with Crippen molar-refractivity contribution >= 4 is 27.5 Å². The van der Waals surface area contributed by atoms with Gasteiger partial charge < -0.3 is 4.74 Å². The first kappa shape index (κ1) is 15.5. The van der Waals surface area contributed by atoms with Gasteiger partial charge in [0.15, 0.2) is 5.78 Å². The number of esters is 1. The van der Waals surface area contributed by atoms with E-state index in [0.29, 0.717) is 11.3 Å². The highest BCUT2D eigenvalue weighted by Crippen LogP contribution is 2.29. The normalized spacial score (nSPS) is 14.7. The predicted octanol–water partition coefficient (Wildman–Crippen LogP) is 1.36. The molecule has 0 fully saturated rings. The third kappa shape index (κ3) is 3.41. The first-order valence-corrected chi connectivity index (χ1v) is 8.26. The molecule has 1 aliphatic rings. The molecule has 7 heteroatoms. The quantitative estimate of drug-likeness (QED) is 0.767. The smallest absolute Gasteiger partial charge is 0.305 e. The van der Waals surface area contributed by atoms with Crippen molar-refractivity contribution in [2.75, 3.05) is 23.7 Å². The summed E-state index contributed by atoms with van der Waals surface area (Å²) in [5.74, 6) is -0.629. The van der Waals surface area contributed by atoms with Crippen LogP contribution in [-0.2, 0) is 19.6 Å². The molecule has 114 valence electrons. The molecule has 0 amide bonds. The van der Waals surface area contributed by atoms with Crippen LogP contribution in [0.5, 0.6) is 0 Å². The number of rotatable bonds is 5. The van der Waals surface area contributed by atoms with Gasteiger partial charge in [-0.05, 0) is 18.6 Å². The Bertz CT molecular complexity index is 653. The zero-order chi connectivity index (χ0) is 15.5. The minimum atomic E-state index is -3.55. The maximum absolute atomic E-state index is 12.4. The van der Waals surface area contributed by atoms with Crippen LogP contribution in [0.1, 0.15) is 29.6 Å². The van der Waals surface area contributed by atoms with E-state index in [9.17, 15) is 18.0 Å². The Kier molecular flexibility index (Phi) is 4.62. The highest BCUT2D eigenvalue weighted by molar-refractivity contribution is 7.92. The largest absolute Gasteiger partial charge is 0.469 e. The summed E-state index contributed by atoms with van der Waals surface area (Å²) in [6.07, 6.45) is 0.430. The van der Waals surface area contributed by atoms with E-state index in [2.05, 4.69) is 4.74 Å². The molecule has 0 unspecified atom stereocenters. The molecule has 0 radical (unpaired) electrons. The Hall–Kier alpha value is -1.89. The van der Waals surface area contributed by atoms with E-state index in [-0.39, 0.29) is 37.3 Å². The van der Waals surface area contributed by atoms with Crippen LogP contribution < -0.4 is 4.31 Å². The van der Waals surface area contributed by atoms with E-state index in [1.807, 2.05) is 0 Å². The van der Waals surface area contributed by atoms with Gasteiger partial charge in [0.25, 0.3) is 0 Å². The molecule has 1 heterocycles. The molecule has 1 aliphatic heterocycles. The second-order valence-electron chi connectivity index (χ2n) is 4.76. The van der Waals surface area contributed by atoms with E-state index < -0.39 is 16.0 Å². The van der Waals surface area contributed by atoms with Gasteiger partial charge in [0.2, 0.25) is 10.0 Å². The van der Waals surface area contributed by atoms with Crippen molar-refractivity contribution in [3.8, 4) is 0 Å². The molecule has 1 aromatic rings. The van der Waals surface area contributed by atoms with Gasteiger partial charge in [-0.2, -0.15) is 0 Å². The Balaban J connectivity index is 2.16. The molecule has 0 aromatic heterocycles. The van der Waals surface area contributed by atoms with Crippen molar-refractivity contribution in [1.82, 2.24) is 0 Å². The lowest BCUT2D eigenvalue weighted by molar-refractivity contribution is -0.140. The number of hydrogen-bond acceptors (Lipinski definition) is 5. The van der Waals surface area contributed by atoms with Gasteiger partial charge in [-0.1, -0.05) is 12.1 Å². The Labute approximate surface area is 123 Å². The number of nitrogens with zero attached hydrogens (tertiary/aromatic N) is 1. The lowest BCUT2D eigenvalue weighted by atomic mass is 10.0. The van der Waals surface area contributed by atoms with Crippen LogP contribution in [0.25, 0.3) is 0 Å². The van der Waals surface area contributed by atoms with Gasteiger partial charge in [-0.15, -0.1) is 0 Å². The molecule has 0 bridgehead atoms. The standard InChI is InChI=1S/C14H17NO5S/c1-20-14(17)7-4-10-21(18,19)15-9-8-13(16)11-5-2-3-6-12(11)15/h2-3,5-6H,4,7-10H2,1H3. The number of carbonyl (C=O) groups is 2. The summed E-state index contributed by atoms with van der Waals surface area (Å²) in [4.78, 5) is 22.9. The van der Waals surface area contributed by atoms with Gasteiger partial charge in [-0.25, -0.2) is 8.42 Å². The van der Waals surface area contributed by atoms with Crippen molar-refractivity contribution in [3.05, 3.63) is 29.8 Å². The van der Waals surface area contributed by atoms with Crippen LogP contribution in [0, 0.1) is 0 Å². The number of fused-ring (bicyclic) bond motifs is 1. The molecule has 0 aliphatic carbocycles. The summed E-state index contributed by atoms with van der Waals surface area (Å²) in [7, 11) is -2.28. The zero-order valence-corrected chi connectivity index (χ0v) is 12.6. The number of methoxy groups -OCH3 is 1. The number of Topliss-reactive ketones (excluding diaryl/α,β-unsaturated/α-hetero) is 1. The van der Waals surface area contributed by atoms with Crippen LogP contribution >= 0.6 is 0 Å². The molecular weight excluding hydrogens is 294 g/mol. The monoisotopic (exact) mass is 311 g/mol. The third-order valence-corrected chi connectivity index (χ3v) is 5.22. The second-order valence-corrected chi connectivity index (χ2v) is 6.77. The van der Waals surface area contributed by atoms with Crippen molar-refractivity contribution in [3.63, 3.8) is 0 Å². The summed E-state index contributed by atoms with van der Waals surface area (Å²) in [6.45, 7) is 0.149. The summed E-state index contributed by atoms with van der Waals surface area (Å²) in [5, 5.41) is 0. The van der Waals surface area contributed by atoms with Crippen molar-refractivity contribution < 1.29 is 22.7 Å². The van der Waals surface area contributed by atoms with Gasteiger partial charge in [0, 0.05) is 24.9 Å². The molecule has 0 spiro atoms. The highest BCUT2D eigenvalue weighted by atomic mass is 32.2. The molecular formula is C14H17NO5S. The third-order valence-electron chi connectivity index (χ3n) is 3.36. The Morgan fingerprint density at radius 1 is 1.33 bits per heavy atom. The highest BCUT2D eigenvalue weighted by Gasteiger charge is 2.30. The van der Waals surface area contributed by atoms with Crippen LogP contribution in [0.15, 0.2) is 24.3 Å². The van der Waals surface area contributed by atoms with Crippen LogP contribution in [0.2, 0.25) is 0 Å². The zero-order valence-electron chi connectivity index (χ0n) is 11.7. The number of carbonyl (C=O) groups excluding carboxylic acids is 2. The van der Waals surface area contributed by atoms with E-state index in [4.69, 9.17) is 0 Å². The molecule has 2 rings (SSSR count). The maximum atomic E-state index is 12.4. The van der Waals surface area contributed by atoms with Gasteiger partial charge in [0.05, 0.1) is 18.6 Å². The Morgan fingerprint density at radius 3 is 2.76 bits per heavy atom. The van der Waals surface area contributed by atoms with Gasteiger partial charge in [0.1, 0.15) is 0 Å². The van der Waals surface area contributed by atoms with Crippen molar-refractivity contribution in [2.45, 2.75) is 19.3 Å². The average molecular weight is 311 g/mol. The second kappa shape index (κ2) is 6.26. The summed E-state index contributed by atoms with van der Waals surface area (Å²) in [6, 6.07) is 6.68. The molecule has 0 N–H and O–H groups in total. The van der Waals surface area contributed by atoms with Gasteiger partial charge in [-0.3, -0.25) is 13.9 Å². The van der Waals surface area contributed by atoms with E-state index in [0.717, 1.165) is 0 Å². The lowest BCUT2D eigenvalue weighted by Crippen LogP contribution is -2.38. The fourth-order valence-corrected chi connectivity index (χ4v) is 3.84. The molecule has 6 nitrogen and oxygen atoms in total. The number of ether oxygens (including phenoxy) is 1. The van der Waals surface area contributed by atoms with E-state index >= 15 is 0 Å². The summed E-state index contributed by atoms with van der Waals surface area (Å²) >= 11 is 0. The van der Waals surface area contributed by atoms with Crippen molar-refractivity contribution in [1.29, 1.82) is 0 Å². The van der Waals surface area contributed by atoms with Gasteiger partial charge >= 0.3 is 5.97 Å². The molecule has 1 aromatic carbocycles. The van der Waals surface area contributed by atoms with E-state index in [1.165, 1.54) is 11.4 Å². The number of ketones is 1. The summed E-state index contributed by atoms with van der Waals surface area (Å²) < 4.78 is 30.5. The van der Waals surface area contributed by atoms with Crippen LogP contribution in [0.4, 0.5) is 5.69 Å². The SMILES string of the molecule is COC(=O)CCCS(=O)(=O)N1CCC(=O)c2ccccc21. The van der Waals surface area contributed by atoms with Crippen LogP contribution in [-0.4, -0.2) is 39.6 Å². The maximum Gasteiger partial charge on any atom is 0.305 e. The fourth-order valence-electron chi connectivity index (χ4n) is 2.29. The molecule has 21 heavy (non-hydrogen) atoms. The van der Waals surface area contributed by atoms with Crippen molar-refractivity contribution in [2.24, 2.45) is 0 Å². The Morgan fingerprint density at radius 2 is 2.05 bits per heavy atom. The number of hydrogen-bond donors (Lipinski definition) is 0. The van der Waals surface area contributed by atoms with Crippen LogP contribution in [0.3, 0.4) is 0 Å². The molecule has 0 atom stereocenters. The summed E-state index contributed by atoms with van der Waals surface area (Å²) in [5.41, 5.74) is 0.854. The number of anilines is 1. The predicted molar refractivity (Wildman–Crippen MR) is 77.8 cm³/mol. The molecule has 0 saturated carbocycles.